The molecule has 0 aliphatic carbocycles. The van der Waals surface area contributed by atoms with Crippen molar-refractivity contribution in [2.45, 2.75) is 64.7 Å². The summed E-state index contributed by atoms with van der Waals surface area (Å²) in [5.41, 5.74) is 5.87. The Balaban J connectivity index is 0.00000200. The summed E-state index contributed by atoms with van der Waals surface area (Å²) in [5.74, 6) is 0. The molecule has 110 valence electrons. The van der Waals surface area contributed by atoms with E-state index in [-0.39, 0.29) is 65.4 Å². The first kappa shape index (κ1) is 22.4. The van der Waals surface area contributed by atoms with Gasteiger partial charge in [0.2, 0.25) is 0 Å². The van der Waals surface area contributed by atoms with Crippen LogP contribution in [0.5, 0.6) is 0 Å². The van der Waals surface area contributed by atoms with Gasteiger partial charge in [0.05, 0.1) is 0 Å². The van der Waals surface area contributed by atoms with E-state index in [9.17, 15) is 0 Å². The quantitative estimate of drug-likeness (QED) is 0.402. The van der Waals surface area contributed by atoms with Gasteiger partial charge in [-0.25, -0.2) is 0 Å². The minimum Gasteiger partial charge on any atom is -0.376 e. The Morgan fingerprint density at radius 3 is 1.33 bits per heavy atom. The average molecular weight is 446 g/mol. The summed E-state index contributed by atoms with van der Waals surface area (Å²) in [6.07, 6.45) is 16.0. The number of allylic oxidation sites excluding steroid dienone is 8. The van der Waals surface area contributed by atoms with Gasteiger partial charge in [-0.1, -0.05) is 13.8 Å². The largest absolute Gasteiger partial charge is 0.376 e. The van der Waals surface area contributed by atoms with Crippen LogP contribution in [0.25, 0.3) is 0 Å². The van der Waals surface area contributed by atoms with Crippen LogP contribution in [0.15, 0.2) is 22.3 Å². The van der Waals surface area contributed by atoms with E-state index >= 15 is 0 Å². The van der Waals surface area contributed by atoms with E-state index in [1.807, 2.05) is 0 Å². The third-order valence-electron chi connectivity index (χ3n) is 4.32. The monoisotopic (exact) mass is 446 g/mol. The Kier molecular flexibility index (Phi) is 11.0. The van der Waals surface area contributed by atoms with E-state index in [4.69, 9.17) is 0 Å². The zero-order valence-corrected chi connectivity index (χ0v) is 20.6. The molecular weight excluding hydrogens is 422 g/mol. The van der Waals surface area contributed by atoms with Crippen LogP contribution in [-0.4, -0.2) is 8.07 Å². The van der Waals surface area contributed by atoms with Crippen molar-refractivity contribution in [3.8, 4) is 0 Å². The van der Waals surface area contributed by atoms with Crippen LogP contribution >= 0.6 is 0 Å². The van der Waals surface area contributed by atoms with Gasteiger partial charge in [-0.15, -0.1) is 50.9 Å². The molecule has 2 heterocycles. The molecule has 0 amide bonds. The fraction of sp³-hybridized carbons (Fsp3) is 0.556. The van der Waals surface area contributed by atoms with Crippen molar-refractivity contribution in [2.75, 3.05) is 0 Å². The third-order valence-corrected chi connectivity index (χ3v) is 8.73. The van der Waals surface area contributed by atoms with Gasteiger partial charge in [-0.05, 0) is 8.07 Å². The predicted molar refractivity (Wildman–Crippen MR) is 83.9 cm³/mol. The number of hydrogen-bond donors (Lipinski definition) is 0. The Labute approximate surface area is 182 Å². The molecule has 0 aromatic heterocycles. The zero-order chi connectivity index (χ0) is 13.9. The van der Waals surface area contributed by atoms with E-state index in [1.165, 1.54) is 46.5 Å². The fourth-order valence-electron chi connectivity index (χ4n) is 3.55. The van der Waals surface area contributed by atoms with Crippen molar-refractivity contribution in [2.24, 2.45) is 0 Å². The van der Waals surface area contributed by atoms with E-state index in [2.05, 4.69) is 52.0 Å². The minimum atomic E-state index is -1.24. The maximum atomic E-state index is 3.57. The summed E-state index contributed by atoms with van der Waals surface area (Å²) in [5, 5.41) is 0. The fourth-order valence-corrected chi connectivity index (χ4v) is 8.75. The molecule has 21 heavy (non-hydrogen) atoms. The van der Waals surface area contributed by atoms with Crippen molar-refractivity contribution in [1.29, 1.82) is 0 Å². The van der Waals surface area contributed by atoms with Gasteiger partial charge in [0.1, 0.15) is 0 Å². The normalized spacial score (nSPS) is 32.2. The molecule has 0 bridgehead atoms. The first-order valence-corrected chi connectivity index (χ1v) is 10.3. The second-order valence-electron chi connectivity index (χ2n) is 5.68. The number of rotatable bonds is 2. The van der Waals surface area contributed by atoms with Crippen LogP contribution in [-0.2, 0) is 65.4 Å². The van der Waals surface area contributed by atoms with Gasteiger partial charge < -0.3 is 46.6 Å². The summed E-state index contributed by atoms with van der Waals surface area (Å²) >= 11 is 0. The molecule has 1 spiro atoms. The molecule has 2 saturated heterocycles. The van der Waals surface area contributed by atoms with Crippen LogP contribution < -0.4 is 0 Å². The summed E-state index contributed by atoms with van der Waals surface area (Å²) in [6, 6.07) is 5.20. The summed E-state index contributed by atoms with van der Waals surface area (Å²) in [7, 11) is -1.24. The van der Waals surface area contributed by atoms with Crippen molar-refractivity contribution in [3.05, 3.63) is 46.6 Å². The third kappa shape index (κ3) is 5.18. The van der Waals surface area contributed by atoms with Gasteiger partial charge in [0.15, 0.2) is 0 Å². The molecule has 0 nitrogen and oxygen atoms in total. The zero-order valence-electron chi connectivity index (χ0n) is 13.9. The van der Waals surface area contributed by atoms with Gasteiger partial charge in [-0.3, -0.25) is 0 Å². The van der Waals surface area contributed by atoms with Crippen LogP contribution in [0.4, 0.5) is 0 Å². The maximum Gasteiger partial charge on any atom is 0 e. The molecule has 0 atom stereocenters. The van der Waals surface area contributed by atoms with Crippen molar-refractivity contribution < 1.29 is 65.4 Å². The van der Waals surface area contributed by atoms with Crippen LogP contribution in [0.3, 0.4) is 0 Å². The molecule has 0 unspecified atom stereocenters. The Morgan fingerprint density at radius 1 is 0.714 bits per heavy atom. The molecule has 2 aliphatic heterocycles. The predicted octanol–water partition coefficient (Wildman–Crippen LogP) is 5.24. The molecule has 0 aromatic rings. The smallest absolute Gasteiger partial charge is 0 e. The number of hydrogen-bond acceptors (Lipinski definition) is 0. The van der Waals surface area contributed by atoms with Crippen LogP contribution in [0.1, 0.15) is 40.5 Å². The Hall–Kier alpha value is 1.38. The standard InChI is InChI=1S/C18H24Si.2Y/c1-5-9-17-13-19(11-15(17)7-3)12-16(8-4)18(14-19)10-6-2;;/h5-6,11-14H2,1-4H3;;/q-4;;. The average Bonchev–Trinajstić information content (AvgIpc) is 2.91. The molecule has 0 saturated carbocycles. The molecule has 2 radical (unpaired) electrons. The van der Waals surface area contributed by atoms with Gasteiger partial charge in [0, 0.05) is 65.4 Å². The topological polar surface area (TPSA) is 0 Å². The molecule has 2 fully saturated rings. The molecule has 3 heteroatoms. The first-order valence-electron chi connectivity index (χ1n) is 7.45. The second-order valence-corrected chi connectivity index (χ2v) is 10.1. The first-order chi connectivity index (χ1) is 9.18. The van der Waals surface area contributed by atoms with Gasteiger partial charge >= 0.3 is 0 Å². The summed E-state index contributed by atoms with van der Waals surface area (Å²) in [6.45, 7) is 8.49. The summed E-state index contributed by atoms with van der Waals surface area (Å²) < 4.78 is 0. The minimum absolute atomic E-state index is 0. The Morgan fingerprint density at radius 2 is 1.05 bits per heavy atom. The SMILES string of the molecule is C[C-]=C1C[Si]2(CC(=[C-]C)C(=[C-]CC)C2)CC1=[C-]CC.[Y].[Y]. The molecule has 2 aliphatic rings. The molecular formula is C18H24SiY2-4. The molecule has 2 rings (SSSR count). The maximum absolute atomic E-state index is 3.57. The van der Waals surface area contributed by atoms with Crippen molar-refractivity contribution >= 4 is 8.07 Å². The van der Waals surface area contributed by atoms with Crippen molar-refractivity contribution in [1.82, 2.24) is 0 Å². The van der Waals surface area contributed by atoms with Gasteiger partial charge in [-0.2, -0.15) is 0 Å². The second kappa shape index (κ2) is 10.3. The van der Waals surface area contributed by atoms with Crippen molar-refractivity contribution in [3.63, 3.8) is 0 Å². The van der Waals surface area contributed by atoms with Crippen LogP contribution in [0.2, 0.25) is 24.2 Å². The molecule has 0 N–H and O–H groups in total. The van der Waals surface area contributed by atoms with Crippen LogP contribution in [0, 0.1) is 24.3 Å². The van der Waals surface area contributed by atoms with E-state index in [1.54, 1.807) is 0 Å². The molecule has 0 aromatic carbocycles. The van der Waals surface area contributed by atoms with E-state index in [0.29, 0.717) is 0 Å². The Bertz CT molecular complexity index is 426. The van der Waals surface area contributed by atoms with E-state index in [0.717, 1.165) is 12.8 Å². The summed E-state index contributed by atoms with van der Waals surface area (Å²) in [4.78, 5) is 0. The van der Waals surface area contributed by atoms with Gasteiger partial charge in [0.25, 0.3) is 0 Å². The van der Waals surface area contributed by atoms with E-state index < -0.39 is 8.07 Å².